The van der Waals surface area contributed by atoms with Gasteiger partial charge in [0.1, 0.15) is 17.3 Å². The van der Waals surface area contributed by atoms with E-state index in [0.29, 0.717) is 13.2 Å². The van der Waals surface area contributed by atoms with Crippen LogP contribution in [0.15, 0.2) is 30.6 Å². The molecule has 0 bridgehead atoms. The standard InChI is InChI=1S/C16H23N3O2/c1-5-20-13-7-8-15(21-6-2)14(11-13)18-12(3)16-17-9-10-19(16)4/h7-12,18H,5-6H2,1-4H3. The van der Waals surface area contributed by atoms with Crippen LogP contribution in [0.5, 0.6) is 11.5 Å². The first-order chi connectivity index (χ1) is 10.2. The highest BCUT2D eigenvalue weighted by molar-refractivity contribution is 5.60. The molecule has 1 unspecified atom stereocenters. The van der Waals surface area contributed by atoms with Gasteiger partial charge in [-0.2, -0.15) is 0 Å². The first-order valence-electron chi connectivity index (χ1n) is 7.29. The Morgan fingerprint density at radius 2 is 2.00 bits per heavy atom. The van der Waals surface area contributed by atoms with Gasteiger partial charge < -0.3 is 19.4 Å². The maximum atomic E-state index is 5.67. The van der Waals surface area contributed by atoms with Crippen LogP contribution in [0.2, 0.25) is 0 Å². The summed E-state index contributed by atoms with van der Waals surface area (Å²) in [6.07, 6.45) is 3.74. The van der Waals surface area contributed by atoms with Crippen LogP contribution in [0.1, 0.15) is 32.6 Å². The number of benzene rings is 1. The summed E-state index contributed by atoms with van der Waals surface area (Å²) in [5.74, 6) is 2.62. The summed E-state index contributed by atoms with van der Waals surface area (Å²) < 4.78 is 13.2. The first kappa shape index (κ1) is 15.2. The fourth-order valence-electron chi connectivity index (χ4n) is 2.25. The van der Waals surface area contributed by atoms with Gasteiger partial charge in [-0.3, -0.25) is 0 Å². The number of anilines is 1. The largest absolute Gasteiger partial charge is 0.494 e. The lowest BCUT2D eigenvalue weighted by atomic mass is 10.2. The molecule has 0 amide bonds. The lowest BCUT2D eigenvalue weighted by Crippen LogP contribution is -2.13. The van der Waals surface area contributed by atoms with Crippen molar-refractivity contribution in [3.8, 4) is 11.5 Å². The van der Waals surface area contributed by atoms with Crippen LogP contribution in [-0.2, 0) is 7.05 Å². The lowest BCUT2D eigenvalue weighted by Gasteiger charge is -2.19. The molecule has 114 valence electrons. The Morgan fingerprint density at radius 1 is 1.24 bits per heavy atom. The van der Waals surface area contributed by atoms with Crippen molar-refractivity contribution in [1.29, 1.82) is 0 Å². The molecule has 0 saturated carbocycles. The highest BCUT2D eigenvalue weighted by atomic mass is 16.5. The molecule has 1 atom stereocenters. The predicted molar refractivity (Wildman–Crippen MR) is 84.0 cm³/mol. The van der Waals surface area contributed by atoms with Gasteiger partial charge in [-0.15, -0.1) is 0 Å². The van der Waals surface area contributed by atoms with Crippen LogP contribution in [0.4, 0.5) is 5.69 Å². The maximum Gasteiger partial charge on any atom is 0.142 e. The summed E-state index contributed by atoms with van der Waals surface area (Å²) in [5, 5.41) is 3.45. The topological polar surface area (TPSA) is 48.3 Å². The van der Waals surface area contributed by atoms with Crippen LogP contribution < -0.4 is 14.8 Å². The number of rotatable bonds is 7. The van der Waals surface area contributed by atoms with E-state index >= 15 is 0 Å². The van der Waals surface area contributed by atoms with Crippen LogP contribution in [0, 0.1) is 0 Å². The summed E-state index contributed by atoms with van der Waals surface area (Å²) in [6.45, 7) is 7.29. The lowest BCUT2D eigenvalue weighted by molar-refractivity contribution is 0.331. The minimum absolute atomic E-state index is 0.0704. The zero-order chi connectivity index (χ0) is 15.2. The van der Waals surface area contributed by atoms with E-state index in [1.807, 2.05) is 49.9 Å². The fourth-order valence-corrected chi connectivity index (χ4v) is 2.25. The number of nitrogens with zero attached hydrogens (tertiary/aromatic N) is 2. The van der Waals surface area contributed by atoms with E-state index in [0.717, 1.165) is 23.0 Å². The second-order valence-electron chi connectivity index (χ2n) is 4.79. The molecule has 0 radical (unpaired) electrons. The van der Waals surface area contributed by atoms with Crippen molar-refractivity contribution in [2.45, 2.75) is 26.8 Å². The monoisotopic (exact) mass is 289 g/mol. The van der Waals surface area contributed by atoms with E-state index in [2.05, 4.69) is 17.2 Å². The highest BCUT2D eigenvalue weighted by Gasteiger charge is 2.13. The Balaban J connectivity index is 2.23. The fraction of sp³-hybridized carbons (Fsp3) is 0.438. The molecule has 1 aromatic carbocycles. The molecule has 5 nitrogen and oxygen atoms in total. The third-order valence-electron chi connectivity index (χ3n) is 3.18. The van der Waals surface area contributed by atoms with E-state index in [1.54, 1.807) is 6.20 Å². The Kier molecular flexibility index (Phi) is 5.09. The van der Waals surface area contributed by atoms with Gasteiger partial charge in [0.25, 0.3) is 0 Å². The highest BCUT2D eigenvalue weighted by Crippen LogP contribution is 2.32. The van der Waals surface area contributed by atoms with Gasteiger partial charge in [-0.1, -0.05) is 0 Å². The Hall–Kier alpha value is -2.17. The number of ether oxygens (including phenoxy) is 2. The van der Waals surface area contributed by atoms with Gasteiger partial charge in [0, 0.05) is 25.5 Å². The average Bonchev–Trinajstić information content (AvgIpc) is 2.88. The maximum absolute atomic E-state index is 5.67. The molecule has 1 heterocycles. The SMILES string of the molecule is CCOc1ccc(OCC)c(NC(C)c2nccn2C)c1. The molecular weight excluding hydrogens is 266 g/mol. The van der Waals surface area contributed by atoms with Gasteiger partial charge >= 0.3 is 0 Å². The van der Waals surface area contributed by atoms with Crippen LogP contribution in [0.25, 0.3) is 0 Å². The van der Waals surface area contributed by atoms with E-state index in [-0.39, 0.29) is 6.04 Å². The third kappa shape index (κ3) is 3.68. The van der Waals surface area contributed by atoms with Crippen molar-refractivity contribution in [1.82, 2.24) is 9.55 Å². The molecule has 0 aliphatic rings. The van der Waals surface area contributed by atoms with Crippen molar-refractivity contribution in [2.75, 3.05) is 18.5 Å². The molecule has 0 fully saturated rings. The number of imidazole rings is 1. The molecule has 1 N–H and O–H groups in total. The second-order valence-corrected chi connectivity index (χ2v) is 4.79. The minimum atomic E-state index is 0.0704. The van der Waals surface area contributed by atoms with Gasteiger partial charge in [0.2, 0.25) is 0 Å². The summed E-state index contributed by atoms with van der Waals surface area (Å²) in [4.78, 5) is 4.37. The van der Waals surface area contributed by atoms with Crippen molar-refractivity contribution in [3.05, 3.63) is 36.4 Å². The van der Waals surface area contributed by atoms with Crippen LogP contribution in [0.3, 0.4) is 0 Å². The average molecular weight is 289 g/mol. The van der Waals surface area contributed by atoms with Crippen LogP contribution in [-0.4, -0.2) is 22.8 Å². The van der Waals surface area contributed by atoms with Crippen LogP contribution >= 0.6 is 0 Å². The summed E-state index contributed by atoms with van der Waals surface area (Å²) in [7, 11) is 1.99. The van der Waals surface area contributed by atoms with Crippen molar-refractivity contribution >= 4 is 5.69 Å². The zero-order valence-corrected chi connectivity index (χ0v) is 13.1. The summed E-state index contributed by atoms with van der Waals surface area (Å²) >= 11 is 0. The van der Waals surface area contributed by atoms with Crippen molar-refractivity contribution in [3.63, 3.8) is 0 Å². The van der Waals surface area contributed by atoms with E-state index < -0.39 is 0 Å². The second kappa shape index (κ2) is 7.02. The third-order valence-corrected chi connectivity index (χ3v) is 3.18. The number of aromatic nitrogens is 2. The van der Waals surface area contributed by atoms with E-state index in [9.17, 15) is 0 Å². The molecule has 5 heteroatoms. The molecule has 0 spiro atoms. The zero-order valence-electron chi connectivity index (χ0n) is 13.1. The molecule has 1 aromatic heterocycles. The van der Waals surface area contributed by atoms with Crippen molar-refractivity contribution in [2.24, 2.45) is 7.05 Å². The van der Waals surface area contributed by atoms with Gasteiger partial charge in [-0.05, 0) is 32.9 Å². The molecular formula is C16H23N3O2. The van der Waals surface area contributed by atoms with Crippen molar-refractivity contribution < 1.29 is 9.47 Å². The molecule has 2 rings (SSSR count). The number of hydrogen-bond acceptors (Lipinski definition) is 4. The normalized spacial score (nSPS) is 12.0. The molecule has 0 saturated heterocycles. The van der Waals surface area contributed by atoms with Gasteiger partial charge in [-0.25, -0.2) is 4.98 Å². The number of aryl methyl sites for hydroxylation is 1. The molecule has 21 heavy (non-hydrogen) atoms. The summed E-state index contributed by atoms with van der Waals surface area (Å²) in [5.41, 5.74) is 0.915. The van der Waals surface area contributed by atoms with E-state index in [1.165, 1.54) is 0 Å². The Labute approximate surface area is 125 Å². The van der Waals surface area contributed by atoms with E-state index in [4.69, 9.17) is 9.47 Å². The first-order valence-corrected chi connectivity index (χ1v) is 7.29. The Bertz CT molecular complexity index is 581. The quantitative estimate of drug-likeness (QED) is 0.848. The van der Waals surface area contributed by atoms with Gasteiger partial charge in [0.15, 0.2) is 0 Å². The Morgan fingerprint density at radius 3 is 2.62 bits per heavy atom. The smallest absolute Gasteiger partial charge is 0.142 e. The number of hydrogen-bond donors (Lipinski definition) is 1. The predicted octanol–water partition coefficient (Wildman–Crippen LogP) is 3.39. The number of nitrogens with one attached hydrogen (secondary N) is 1. The summed E-state index contributed by atoms with van der Waals surface area (Å²) in [6, 6.07) is 5.89. The minimum Gasteiger partial charge on any atom is -0.494 e. The van der Waals surface area contributed by atoms with Gasteiger partial charge in [0.05, 0.1) is 24.9 Å². The molecule has 2 aromatic rings. The molecule has 0 aliphatic heterocycles. The molecule has 0 aliphatic carbocycles.